The van der Waals surface area contributed by atoms with Crippen LogP contribution in [0.4, 0.5) is 0 Å². The Balaban J connectivity index is 3.40. The Kier molecular flexibility index (Phi) is 4.30. The molecule has 0 aliphatic heterocycles. The lowest BCUT2D eigenvalue weighted by atomic mass is 10.0. The van der Waals surface area contributed by atoms with Crippen molar-refractivity contribution in [1.82, 2.24) is 4.72 Å². The first kappa shape index (κ1) is 14.2. The van der Waals surface area contributed by atoms with Crippen LogP contribution in [0.2, 0.25) is 0 Å². The van der Waals surface area contributed by atoms with E-state index in [4.69, 9.17) is 5.73 Å². The highest BCUT2D eigenvalue weighted by atomic mass is 32.2. The van der Waals surface area contributed by atoms with E-state index in [0.29, 0.717) is 11.4 Å². The zero-order valence-corrected chi connectivity index (χ0v) is 11.6. The third-order valence-corrected chi connectivity index (χ3v) is 4.74. The topological polar surface area (TPSA) is 72.2 Å². The Labute approximate surface area is 103 Å². The van der Waals surface area contributed by atoms with Crippen molar-refractivity contribution < 1.29 is 8.42 Å². The molecule has 3 N–H and O–H groups in total. The maximum absolute atomic E-state index is 12.2. The number of aryl methyl sites for hydroxylation is 2. The molecular weight excluding hydrogens is 236 g/mol. The smallest absolute Gasteiger partial charge is 0.241 e. The number of nitrogens with one attached hydrogen (secondary N) is 1. The SMILES string of the molecule is Cc1cc(C)c(C)c(S(=O)(=O)NCCN)c1C. The summed E-state index contributed by atoms with van der Waals surface area (Å²) in [4.78, 5) is 0.392. The van der Waals surface area contributed by atoms with E-state index in [-0.39, 0.29) is 6.54 Å². The monoisotopic (exact) mass is 256 g/mol. The van der Waals surface area contributed by atoms with Crippen molar-refractivity contribution >= 4 is 10.0 Å². The molecule has 0 heterocycles. The molecule has 0 saturated heterocycles. The number of sulfonamides is 1. The summed E-state index contributed by atoms with van der Waals surface area (Å²) in [6, 6.07) is 2.01. The average molecular weight is 256 g/mol. The largest absolute Gasteiger partial charge is 0.329 e. The highest BCUT2D eigenvalue weighted by Crippen LogP contribution is 2.25. The quantitative estimate of drug-likeness (QED) is 0.849. The fourth-order valence-corrected chi connectivity index (χ4v) is 3.51. The summed E-state index contributed by atoms with van der Waals surface area (Å²) in [6.45, 7) is 8.06. The predicted octanol–water partition coefficient (Wildman–Crippen LogP) is 1.16. The second-order valence-corrected chi connectivity index (χ2v) is 5.98. The molecule has 0 aliphatic carbocycles. The molecule has 0 atom stereocenters. The summed E-state index contributed by atoms with van der Waals surface area (Å²) in [7, 11) is -3.46. The Hall–Kier alpha value is -0.910. The number of hydrogen-bond acceptors (Lipinski definition) is 3. The van der Waals surface area contributed by atoms with Gasteiger partial charge in [0, 0.05) is 13.1 Å². The van der Waals surface area contributed by atoms with Crippen molar-refractivity contribution in [3.63, 3.8) is 0 Å². The van der Waals surface area contributed by atoms with Gasteiger partial charge < -0.3 is 5.73 Å². The molecular formula is C12H20N2O2S. The van der Waals surface area contributed by atoms with Crippen molar-refractivity contribution in [3.05, 3.63) is 28.3 Å². The van der Waals surface area contributed by atoms with Gasteiger partial charge in [-0.1, -0.05) is 6.07 Å². The number of benzene rings is 1. The summed E-state index contributed by atoms with van der Waals surface area (Å²) in [5.74, 6) is 0. The van der Waals surface area contributed by atoms with Crippen LogP contribution in [0.15, 0.2) is 11.0 Å². The van der Waals surface area contributed by atoms with E-state index in [1.165, 1.54) is 0 Å². The highest BCUT2D eigenvalue weighted by molar-refractivity contribution is 7.89. The second-order valence-electron chi connectivity index (χ2n) is 4.28. The van der Waals surface area contributed by atoms with Gasteiger partial charge in [0.1, 0.15) is 0 Å². The van der Waals surface area contributed by atoms with E-state index in [2.05, 4.69) is 4.72 Å². The fraction of sp³-hybridized carbons (Fsp3) is 0.500. The van der Waals surface area contributed by atoms with Crippen LogP contribution in [-0.2, 0) is 10.0 Å². The molecule has 1 aromatic rings. The van der Waals surface area contributed by atoms with E-state index in [1.54, 1.807) is 0 Å². The van der Waals surface area contributed by atoms with Crippen molar-refractivity contribution in [1.29, 1.82) is 0 Å². The molecule has 0 bridgehead atoms. The van der Waals surface area contributed by atoms with Gasteiger partial charge in [-0.2, -0.15) is 0 Å². The van der Waals surface area contributed by atoms with Gasteiger partial charge in [0.15, 0.2) is 0 Å². The fourth-order valence-electron chi connectivity index (χ4n) is 1.85. The van der Waals surface area contributed by atoms with Gasteiger partial charge in [-0.25, -0.2) is 13.1 Å². The summed E-state index contributed by atoms with van der Waals surface area (Å²) in [5, 5.41) is 0. The van der Waals surface area contributed by atoms with E-state index in [0.717, 1.165) is 22.3 Å². The van der Waals surface area contributed by atoms with Crippen LogP contribution in [0.1, 0.15) is 22.3 Å². The minimum Gasteiger partial charge on any atom is -0.329 e. The minimum atomic E-state index is -3.46. The lowest BCUT2D eigenvalue weighted by Gasteiger charge is -2.15. The summed E-state index contributed by atoms with van der Waals surface area (Å²) >= 11 is 0. The summed E-state index contributed by atoms with van der Waals surface area (Å²) < 4.78 is 26.8. The van der Waals surface area contributed by atoms with Gasteiger partial charge in [-0.3, -0.25) is 0 Å². The second kappa shape index (κ2) is 5.16. The van der Waals surface area contributed by atoms with Crippen LogP contribution in [0, 0.1) is 27.7 Å². The molecule has 17 heavy (non-hydrogen) atoms. The third-order valence-electron chi connectivity index (χ3n) is 3.00. The standard InChI is InChI=1S/C12H20N2O2S/c1-8-7-9(2)11(4)12(10(8)3)17(15,16)14-6-5-13/h7,14H,5-6,13H2,1-4H3. The van der Waals surface area contributed by atoms with Crippen LogP contribution in [-0.4, -0.2) is 21.5 Å². The molecule has 1 aromatic carbocycles. The van der Waals surface area contributed by atoms with Crippen LogP contribution < -0.4 is 10.5 Å². The van der Waals surface area contributed by atoms with Gasteiger partial charge in [0.05, 0.1) is 4.90 Å². The first-order valence-corrected chi connectivity index (χ1v) is 7.06. The third kappa shape index (κ3) is 2.86. The van der Waals surface area contributed by atoms with Gasteiger partial charge in [0.2, 0.25) is 10.0 Å². The average Bonchev–Trinajstić information content (AvgIpc) is 2.24. The molecule has 0 amide bonds. The van der Waals surface area contributed by atoms with Gasteiger partial charge >= 0.3 is 0 Å². The molecule has 5 heteroatoms. The first-order chi connectivity index (χ1) is 7.81. The Morgan fingerprint density at radius 2 is 1.59 bits per heavy atom. The number of rotatable bonds is 4. The summed E-state index contributed by atoms with van der Waals surface area (Å²) in [5.41, 5.74) is 8.90. The first-order valence-electron chi connectivity index (χ1n) is 5.58. The zero-order chi connectivity index (χ0) is 13.2. The van der Waals surface area contributed by atoms with Crippen LogP contribution in [0.5, 0.6) is 0 Å². The molecule has 0 fully saturated rings. The normalized spacial score (nSPS) is 11.8. The van der Waals surface area contributed by atoms with Gasteiger partial charge in [0.25, 0.3) is 0 Å². The van der Waals surface area contributed by atoms with E-state index in [9.17, 15) is 8.42 Å². The maximum atomic E-state index is 12.2. The maximum Gasteiger partial charge on any atom is 0.241 e. The lowest BCUT2D eigenvalue weighted by molar-refractivity contribution is 0.580. The van der Waals surface area contributed by atoms with Crippen LogP contribution >= 0.6 is 0 Å². The summed E-state index contributed by atoms with van der Waals surface area (Å²) in [6.07, 6.45) is 0. The Bertz CT molecular complexity index is 496. The van der Waals surface area contributed by atoms with Crippen LogP contribution in [0.25, 0.3) is 0 Å². The van der Waals surface area contributed by atoms with Gasteiger partial charge in [-0.05, 0) is 49.9 Å². The molecule has 1 rings (SSSR count). The lowest BCUT2D eigenvalue weighted by Crippen LogP contribution is -2.30. The van der Waals surface area contributed by atoms with E-state index in [1.807, 2.05) is 33.8 Å². The van der Waals surface area contributed by atoms with E-state index >= 15 is 0 Å². The van der Waals surface area contributed by atoms with Crippen molar-refractivity contribution in [2.24, 2.45) is 5.73 Å². The molecule has 0 radical (unpaired) electrons. The highest BCUT2D eigenvalue weighted by Gasteiger charge is 2.21. The zero-order valence-electron chi connectivity index (χ0n) is 10.8. The molecule has 0 saturated carbocycles. The molecule has 0 spiro atoms. The Morgan fingerprint density at radius 3 is 2.00 bits per heavy atom. The minimum absolute atomic E-state index is 0.258. The molecule has 0 aromatic heterocycles. The Morgan fingerprint density at radius 1 is 1.12 bits per heavy atom. The van der Waals surface area contributed by atoms with Crippen molar-refractivity contribution in [3.8, 4) is 0 Å². The van der Waals surface area contributed by atoms with Crippen molar-refractivity contribution in [2.75, 3.05) is 13.1 Å². The molecule has 0 aliphatic rings. The molecule has 96 valence electrons. The van der Waals surface area contributed by atoms with Gasteiger partial charge in [-0.15, -0.1) is 0 Å². The van der Waals surface area contributed by atoms with E-state index < -0.39 is 10.0 Å². The number of hydrogen-bond donors (Lipinski definition) is 2. The molecule has 4 nitrogen and oxygen atoms in total. The van der Waals surface area contributed by atoms with Crippen molar-refractivity contribution in [2.45, 2.75) is 32.6 Å². The van der Waals surface area contributed by atoms with Crippen LogP contribution in [0.3, 0.4) is 0 Å². The number of nitrogens with two attached hydrogens (primary N) is 1. The predicted molar refractivity (Wildman–Crippen MR) is 69.6 cm³/mol. The molecule has 0 unspecified atom stereocenters.